The summed E-state index contributed by atoms with van der Waals surface area (Å²) < 4.78 is 5.80. The minimum absolute atomic E-state index is 0.328. The summed E-state index contributed by atoms with van der Waals surface area (Å²) >= 11 is 4.86. The van der Waals surface area contributed by atoms with Gasteiger partial charge in [-0.2, -0.15) is 0 Å². The van der Waals surface area contributed by atoms with E-state index in [0.717, 1.165) is 18.7 Å². The molecule has 1 saturated heterocycles. The number of carbonyl (C=O) groups excluding carboxylic acids is 1. The molecule has 0 spiro atoms. The van der Waals surface area contributed by atoms with Crippen LogP contribution in [0.25, 0.3) is 0 Å². The highest BCUT2D eigenvalue weighted by Crippen LogP contribution is 2.17. The average molecular weight is 380 g/mol. The van der Waals surface area contributed by atoms with Crippen molar-refractivity contribution in [3.63, 3.8) is 0 Å². The Hall–Kier alpha value is -2.06. The maximum atomic E-state index is 11.5. The Balaban J connectivity index is 1.61. The number of ether oxygens (including phenoxy) is 1. The second-order valence-corrected chi connectivity index (χ2v) is 6.68. The van der Waals surface area contributed by atoms with Crippen molar-refractivity contribution in [3.05, 3.63) is 29.8 Å². The summed E-state index contributed by atoms with van der Waals surface area (Å²) in [7, 11) is 1.67. The Morgan fingerprint density at radius 3 is 2.81 bits per heavy atom. The van der Waals surface area contributed by atoms with Crippen LogP contribution in [0.3, 0.4) is 0 Å². The molecule has 2 amide bonds. The van der Waals surface area contributed by atoms with Gasteiger partial charge in [-0.3, -0.25) is 10.3 Å². The fourth-order valence-electron chi connectivity index (χ4n) is 2.79. The number of piperidine rings is 1. The fourth-order valence-corrected chi connectivity index (χ4v) is 2.84. The van der Waals surface area contributed by atoms with Crippen molar-refractivity contribution in [3.8, 4) is 5.75 Å². The van der Waals surface area contributed by atoms with Gasteiger partial charge < -0.3 is 15.4 Å². The second kappa shape index (κ2) is 11.5. The standard InChI is InChI=1S/C18H29N5O2S/c1-19-18(26)22-21-17(24)20-9-6-12-25-16-8-5-7-15(13-16)14-23-10-3-2-4-11-23/h5,7-8,13H,2-4,6,9-12,14H2,1H3,(H2,19,22,26)(H2,20,21,24). The maximum Gasteiger partial charge on any atom is 0.333 e. The van der Waals surface area contributed by atoms with Crippen LogP contribution in [-0.2, 0) is 6.54 Å². The molecule has 0 aliphatic carbocycles. The highest BCUT2D eigenvalue weighted by molar-refractivity contribution is 7.80. The van der Waals surface area contributed by atoms with E-state index in [-0.39, 0.29) is 6.03 Å². The average Bonchev–Trinajstić information content (AvgIpc) is 2.67. The van der Waals surface area contributed by atoms with Crippen molar-refractivity contribution in [2.75, 3.05) is 33.3 Å². The van der Waals surface area contributed by atoms with Crippen molar-refractivity contribution in [2.24, 2.45) is 0 Å². The second-order valence-electron chi connectivity index (χ2n) is 6.27. The lowest BCUT2D eigenvalue weighted by atomic mass is 10.1. The van der Waals surface area contributed by atoms with E-state index in [1.807, 2.05) is 12.1 Å². The minimum Gasteiger partial charge on any atom is -0.494 e. The predicted molar refractivity (Wildman–Crippen MR) is 107 cm³/mol. The summed E-state index contributed by atoms with van der Waals surface area (Å²) in [5, 5.41) is 5.78. The van der Waals surface area contributed by atoms with Gasteiger partial charge in [0.1, 0.15) is 5.75 Å². The Kier molecular flexibility index (Phi) is 8.99. The number of thiocarbonyl (C=S) groups is 1. The highest BCUT2D eigenvalue weighted by Gasteiger charge is 2.10. The molecule has 1 aromatic rings. The van der Waals surface area contributed by atoms with Crippen molar-refractivity contribution < 1.29 is 9.53 Å². The molecule has 0 atom stereocenters. The first-order chi connectivity index (χ1) is 12.7. The summed E-state index contributed by atoms with van der Waals surface area (Å²) in [6, 6.07) is 7.94. The topological polar surface area (TPSA) is 77.7 Å². The first-order valence-electron chi connectivity index (χ1n) is 9.13. The van der Waals surface area contributed by atoms with Gasteiger partial charge in [-0.1, -0.05) is 18.6 Å². The first-order valence-corrected chi connectivity index (χ1v) is 9.54. The number of benzene rings is 1. The minimum atomic E-state index is -0.328. The highest BCUT2D eigenvalue weighted by atomic mass is 32.1. The van der Waals surface area contributed by atoms with Gasteiger partial charge in [0.25, 0.3) is 0 Å². The molecule has 1 aromatic carbocycles. The SMILES string of the molecule is CNC(=S)NNC(=O)NCCCOc1cccc(CN2CCCCC2)c1. The number of urea groups is 1. The molecule has 144 valence electrons. The molecule has 2 rings (SSSR count). The van der Waals surface area contributed by atoms with Gasteiger partial charge in [-0.05, 0) is 62.3 Å². The zero-order valence-electron chi connectivity index (χ0n) is 15.3. The Morgan fingerprint density at radius 2 is 2.04 bits per heavy atom. The lowest BCUT2D eigenvalue weighted by Gasteiger charge is -2.26. The number of hydrazine groups is 1. The van der Waals surface area contributed by atoms with E-state index in [1.165, 1.54) is 37.9 Å². The van der Waals surface area contributed by atoms with E-state index in [4.69, 9.17) is 17.0 Å². The van der Waals surface area contributed by atoms with Crippen LogP contribution in [0.2, 0.25) is 0 Å². The van der Waals surface area contributed by atoms with Crippen LogP contribution in [-0.4, -0.2) is 49.3 Å². The van der Waals surface area contributed by atoms with E-state index in [9.17, 15) is 4.79 Å². The van der Waals surface area contributed by atoms with Gasteiger partial charge in [-0.25, -0.2) is 10.2 Å². The number of hydrogen-bond acceptors (Lipinski definition) is 4. The van der Waals surface area contributed by atoms with Gasteiger partial charge in [0.05, 0.1) is 6.61 Å². The van der Waals surface area contributed by atoms with Crippen LogP contribution in [0, 0.1) is 0 Å². The number of rotatable bonds is 7. The molecule has 8 heteroatoms. The monoisotopic (exact) mass is 379 g/mol. The smallest absolute Gasteiger partial charge is 0.333 e. The van der Waals surface area contributed by atoms with Crippen LogP contribution in [0.4, 0.5) is 4.79 Å². The zero-order chi connectivity index (χ0) is 18.6. The van der Waals surface area contributed by atoms with Gasteiger partial charge in [0, 0.05) is 20.1 Å². The van der Waals surface area contributed by atoms with Gasteiger partial charge in [0.2, 0.25) is 0 Å². The number of amides is 2. The van der Waals surface area contributed by atoms with E-state index in [2.05, 4.69) is 38.5 Å². The van der Waals surface area contributed by atoms with Crippen molar-refractivity contribution >= 4 is 23.4 Å². The molecule has 26 heavy (non-hydrogen) atoms. The maximum absolute atomic E-state index is 11.5. The summed E-state index contributed by atoms with van der Waals surface area (Å²) in [6.07, 6.45) is 4.67. The third kappa shape index (κ3) is 7.88. The van der Waals surface area contributed by atoms with Crippen LogP contribution < -0.4 is 26.2 Å². The molecule has 7 nitrogen and oxygen atoms in total. The molecule has 0 bridgehead atoms. The quantitative estimate of drug-likeness (QED) is 0.328. The molecule has 0 unspecified atom stereocenters. The predicted octanol–water partition coefficient (Wildman–Crippen LogP) is 1.75. The van der Waals surface area contributed by atoms with Crippen LogP contribution in [0.15, 0.2) is 24.3 Å². The van der Waals surface area contributed by atoms with Crippen molar-refractivity contribution in [1.29, 1.82) is 0 Å². The summed E-state index contributed by atoms with van der Waals surface area (Å²) in [4.78, 5) is 14.0. The number of hydrogen-bond donors (Lipinski definition) is 4. The molecule has 1 heterocycles. The zero-order valence-corrected chi connectivity index (χ0v) is 16.2. The molecule has 0 saturated carbocycles. The van der Waals surface area contributed by atoms with Gasteiger partial charge in [-0.15, -0.1) is 0 Å². The largest absolute Gasteiger partial charge is 0.494 e. The molecular weight excluding hydrogens is 350 g/mol. The summed E-state index contributed by atoms with van der Waals surface area (Å²) in [5.74, 6) is 0.880. The van der Waals surface area contributed by atoms with E-state index >= 15 is 0 Å². The van der Waals surface area contributed by atoms with E-state index in [0.29, 0.717) is 18.3 Å². The third-order valence-corrected chi connectivity index (χ3v) is 4.45. The number of nitrogens with zero attached hydrogens (tertiary/aromatic N) is 1. The Bertz CT molecular complexity index is 578. The lowest BCUT2D eigenvalue weighted by molar-refractivity contribution is 0.220. The van der Waals surface area contributed by atoms with Gasteiger partial charge in [0.15, 0.2) is 5.11 Å². The lowest BCUT2D eigenvalue weighted by Crippen LogP contribution is -2.49. The molecule has 0 radical (unpaired) electrons. The number of carbonyl (C=O) groups is 1. The Labute approximate surface area is 160 Å². The Morgan fingerprint density at radius 1 is 1.23 bits per heavy atom. The van der Waals surface area contributed by atoms with E-state index < -0.39 is 0 Å². The third-order valence-electron chi connectivity index (χ3n) is 4.15. The molecule has 4 N–H and O–H groups in total. The van der Waals surface area contributed by atoms with E-state index in [1.54, 1.807) is 7.05 Å². The normalized spacial score (nSPS) is 14.3. The molecular formula is C18H29N5O2S. The number of nitrogens with one attached hydrogen (secondary N) is 4. The van der Waals surface area contributed by atoms with Crippen LogP contribution in [0.1, 0.15) is 31.2 Å². The van der Waals surface area contributed by atoms with Gasteiger partial charge >= 0.3 is 6.03 Å². The van der Waals surface area contributed by atoms with Crippen molar-refractivity contribution in [2.45, 2.75) is 32.2 Å². The van der Waals surface area contributed by atoms with Crippen LogP contribution in [0.5, 0.6) is 5.75 Å². The molecule has 0 aromatic heterocycles. The summed E-state index contributed by atoms with van der Waals surface area (Å²) in [5.41, 5.74) is 6.29. The van der Waals surface area contributed by atoms with Crippen LogP contribution >= 0.6 is 12.2 Å². The molecule has 1 aliphatic heterocycles. The summed E-state index contributed by atoms with van der Waals surface area (Å²) in [6.45, 7) is 4.43. The molecule has 1 fully saturated rings. The molecule has 1 aliphatic rings. The fraction of sp³-hybridized carbons (Fsp3) is 0.556. The first kappa shape index (κ1) is 20.3. The van der Waals surface area contributed by atoms with Crippen molar-refractivity contribution in [1.82, 2.24) is 26.4 Å². The number of likely N-dealkylation sites (tertiary alicyclic amines) is 1.